The van der Waals surface area contributed by atoms with E-state index in [-0.39, 0.29) is 17.9 Å². The molecule has 0 radical (unpaired) electrons. The first kappa shape index (κ1) is 14.5. The van der Waals surface area contributed by atoms with Gasteiger partial charge in [0.1, 0.15) is 11.4 Å². The summed E-state index contributed by atoms with van der Waals surface area (Å²) in [5.41, 5.74) is 1.51. The second kappa shape index (κ2) is 5.23. The lowest BCUT2D eigenvalue weighted by Gasteiger charge is -2.40. The molecule has 0 bridgehead atoms. The van der Waals surface area contributed by atoms with Gasteiger partial charge in [-0.25, -0.2) is 4.79 Å². The maximum absolute atomic E-state index is 11.8. The number of carbonyl (C=O) groups excluding carboxylic acids is 1. The first-order valence-electron chi connectivity index (χ1n) is 6.79. The Morgan fingerprint density at radius 2 is 2.05 bits per heavy atom. The Kier molecular flexibility index (Phi) is 3.79. The van der Waals surface area contributed by atoms with E-state index in [1.165, 1.54) is 0 Å². The Balaban J connectivity index is 1.83. The average molecular weight is 278 g/mol. The van der Waals surface area contributed by atoms with Crippen LogP contribution in [0.2, 0.25) is 0 Å². The predicted octanol–water partition coefficient (Wildman–Crippen LogP) is 2.73. The van der Waals surface area contributed by atoms with Gasteiger partial charge < -0.3 is 20.1 Å². The summed E-state index contributed by atoms with van der Waals surface area (Å²) >= 11 is 0. The highest BCUT2D eigenvalue weighted by Crippen LogP contribution is 2.23. The first-order chi connectivity index (χ1) is 9.24. The Labute approximate surface area is 119 Å². The molecule has 0 spiro atoms. The number of rotatable bonds is 2. The molecule has 1 fully saturated rings. The third-order valence-corrected chi connectivity index (χ3v) is 3.10. The molecule has 5 heteroatoms. The van der Waals surface area contributed by atoms with Crippen LogP contribution in [0.1, 0.15) is 26.3 Å². The monoisotopic (exact) mass is 278 g/mol. The van der Waals surface area contributed by atoms with Crippen LogP contribution in [0.4, 0.5) is 10.5 Å². The standard InChI is InChI=1S/C15H22N2O3/c1-10-7-12(18)5-6-13(10)16-11-8-17(9-11)14(19)20-15(2,3)4/h5-7,11,16,18H,8-9H2,1-4H3. The zero-order valence-electron chi connectivity index (χ0n) is 12.4. The summed E-state index contributed by atoms with van der Waals surface area (Å²) in [4.78, 5) is 13.5. The molecule has 1 aromatic rings. The second-order valence-electron chi connectivity index (χ2n) is 6.23. The second-order valence-corrected chi connectivity index (χ2v) is 6.23. The van der Waals surface area contributed by atoms with Gasteiger partial charge in [-0.05, 0) is 51.5 Å². The predicted molar refractivity (Wildman–Crippen MR) is 78.1 cm³/mol. The zero-order valence-corrected chi connectivity index (χ0v) is 12.4. The highest BCUT2D eigenvalue weighted by Gasteiger charge is 2.33. The molecular weight excluding hydrogens is 256 g/mol. The van der Waals surface area contributed by atoms with Gasteiger partial charge in [0.15, 0.2) is 0 Å². The van der Waals surface area contributed by atoms with Crippen molar-refractivity contribution in [2.75, 3.05) is 18.4 Å². The number of phenols is 1. The van der Waals surface area contributed by atoms with Crippen LogP contribution in [0, 0.1) is 6.92 Å². The van der Waals surface area contributed by atoms with Gasteiger partial charge in [0.05, 0.1) is 6.04 Å². The van der Waals surface area contributed by atoms with Crippen molar-refractivity contribution >= 4 is 11.8 Å². The number of aryl methyl sites for hydroxylation is 1. The molecule has 1 amide bonds. The van der Waals surface area contributed by atoms with E-state index >= 15 is 0 Å². The minimum atomic E-state index is -0.455. The fraction of sp³-hybridized carbons (Fsp3) is 0.533. The van der Waals surface area contributed by atoms with Crippen molar-refractivity contribution in [1.29, 1.82) is 0 Å². The minimum Gasteiger partial charge on any atom is -0.508 e. The Hall–Kier alpha value is -1.91. The van der Waals surface area contributed by atoms with Crippen LogP contribution in [0.3, 0.4) is 0 Å². The number of nitrogens with zero attached hydrogens (tertiary/aromatic N) is 1. The smallest absolute Gasteiger partial charge is 0.410 e. The highest BCUT2D eigenvalue weighted by atomic mass is 16.6. The normalized spacial score (nSPS) is 15.7. The highest BCUT2D eigenvalue weighted by molar-refractivity contribution is 5.70. The number of benzene rings is 1. The van der Waals surface area contributed by atoms with E-state index in [0.717, 1.165) is 11.3 Å². The molecule has 110 valence electrons. The number of nitrogens with one attached hydrogen (secondary N) is 1. The van der Waals surface area contributed by atoms with E-state index in [4.69, 9.17) is 4.74 Å². The fourth-order valence-corrected chi connectivity index (χ4v) is 2.08. The molecule has 2 N–H and O–H groups in total. The lowest BCUT2D eigenvalue weighted by atomic mass is 10.1. The van der Waals surface area contributed by atoms with Crippen molar-refractivity contribution in [2.45, 2.75) is 39.3 Å². The van der Waals surface area contributed by atoms with Gasteiger partial charge in [0.25, 0.3) is 0 Å². The molecule has 1 aliphatic rings. The number of hydrogen-bond donors (Lipinski definition) is 2. The van der Waals surface area contributed by atoms with Gasteiger partial charge in [-0.15, -0.1) is 0 Å². The molecule has 1 saturated heterocycles. The van der Waals surface area contributed by atoms with Gasteiger partial charge in [-0.2, -0.15) is 0 Å². The SMILES string of the molecule is Cc1cc(O)ccc1NC1CN(C(=O)OC(C)(C)C)C1. The number of ether oxygens (including phenoxy) is 1. The van der Waals surface area contributed by atoms with Crippen LogP contribution in [-0.4, -0.2) is 40.8 Å². The minimum absolute atomic E-state index is 0.228. The summed E-state index contributed by atoms with van der Waals surface area (Å²) in [7, 11) is 0. The molecule has 0 aromatic heterocycles. The van der Waals surface area contributed by atoms with Crippen molar-refractivity contribution in [1.82, 2.24) is 4.90 Å². The van der Waals surface area contributed by atoms with E-state index in [0.29, 0.717) is 13.1 Å². The molecule has 1 aliphatic heterocycles. The summed E-state index contributed by atoms with van der Waals surface area (Å²) in [5.74, 6) is 0.261. The number of amides is 1. The van der Waals surface area contributed by atoms with Crippen LogP contribution in [0.25, 0.3) is 0 Å². The lowest BCUT2D eigenvalue weighted by molar-refractivity contribution is 0.0105. The average Bonchev–Trinajstić information content (AvgIpc) is 2.22. The summed E-state index contributed by atoms with van der Waals surface area (Å²) < 4.78 is 5.31. The molecule has 2 rings (SSSR count). The number of carbonyl (C=O) groups is 1. The van der Waals surface area contributed by atoms with Gasteiger partial charge in [0, 0.05) is 18.8 Å². The molecule has 0 aliphatic carbocycles. The molecule has 5 nitrogen and oxygen atoms in total. The summed E-state index contributed by atoms with van der Waals surface area (Å²) in [6, 6.07) is 5.44. The first-order valence-corrected chi connectivity index (χ1v) is 6.79. The molecule has 20 heavy (non-hydrogen) atoms. The Morgan fingerprint density at radius 3 is 2.60 bits per heavy atom. The van der Waals surface area contributed by atoms with Gasteiger partial charge >= 0.3 is 6.09 Å². The lowest BCUT2D eigenvalue weighted by Crippen LogP contribution is -2.58. The summed E-state index contributed by atoms with van der Waals surface area (Å²) in [6.45, 7) is 8.79. The Morgan fingerprint density at radius 1 is 1.40 bits per heavy atom. The van der Waals surface area contributed by atoms with Gasteiger partial charge in [0.2, 0.25) is 0 Å². The largest absolute Gasteiger partial charge is 0.508 e. The molecule has 1 heterocycles. The van der Waals surface area contributed by atoms with E-state index < -0.39 is 5.60 Å². The van der Waals surface area contributed by atoms with Crippen molar-refractivity contribution in [3.63, 3.8) is 0 Å². The molecule has 1 aromatic carbocycles. The van der Waals surface area contributed by atoms with Crippen LogP contribution < -0.4 is 5.32 Å². The van der Waals surface area contributed by atoms with Gasteiger partial charge in [-0.3, -0.25) is 0 Å². The van der Waals surface area contributed by atoms with Crippen LogP contribution in [-0.2, 0) is 4.74 Å². The topological polar surface area (TPSA) is 61.8 Å². The van der Waals surface area contributed by atoms with Crippen molar-refractivity contribution in [3.8, 4) is 5.75 Å². The van der Waals surface area contributed by atoms with Crippen LogP contribution >= 0.6 is 0 Å². The van der Waals surface area contributed by atoms with Gasteiger partial charge in [-0.1, -0.05) is 0 Å². The van der Waals surface area contributed by atoms with Crippen molar-refractivity contribution in [3.05, 3.63) is 23.8 Å². The maximum atomic E-state index is 11.8. The molecule has 0 saturated carbocycles. The van der Waals surface area contributed by atoms with Crippen molar-refractivity contribution in [2.24, 2.45) is 0 Å². The number of likely N-dealkylation sites (tertiary alicyclic amines) is 1. The van der Waals surface area contributed by atoms with Crippen LogP contribution in [0.15, 0.2) is 18.2 Å². The molecule has 0 unspecified atom stereocenters. The maximum Gasteiger partial charge on any atom is 0.410 e. The third kappa shape index (κ3) is 3.56. The third-order valence-electron chi connectivity index (χ3n) is 3.10. The number of phenolic OH excluding ortho intramolecular Hbond substituents is 1. The number of hydrogen-bond acceptors (Lipinski definition) is 4. The quantitative estimate of drug-likeness (QED) is 0.817. The van der Waals surface area contributed by atoms with E-state index in [1.54, 1.807) is 17.0 Å². The van der Waals surface area contributed by atoms with Crippen LogP contribution in [0.5, 0.6) is 5.75 Å². The van der Waals surface area contributed by atoms with Crippen molar-refractivity contribution < 1.29 is 14.6 Å². The summed E-state index contributed by atoms with van der Waals surface area (Å²) in [5, 5.41) is 12.7. The van der Waals surface area contributed by atoms with E-state index in [9.17, 15) is 9.90 Å². The summed E-state index contributed by atoms with van der Waals surface area (Å²) in [6.07, 6.45) is -0.266. The number of anilines is 1. The Bertz CT molecular complexity index is 502. The zero-order chi connectivity index (χ0) is 14.9. The fourth-order valence-electron chi connectivity index (χ4n) is 2.08. The van der Waals surface area contributed by atoms with E-state index in [1.807, 2.05) is 33.8 Å². The number of aromatic hydroxyl groups is 1. The molecular formula is C15H22N2O3. The molecule has 0 atom stereocenters. The van der Waals surface area contributed by atoms with E-state index in [2.05, 4.69) is 5.32 Å².